The zero-order chi connectivity index (χ0) is 16.8. The van der Waals surface area contributed by atoms with Crippen molar-refractivity contribution in [2.24, 2.45) is 5.73 Å². The van der Waals surface area contributed by atoms with E-state index >= 15 is 0 Å². The van der Waals surface area contributed by atoms with E-state index in [0.717, 1.165) is 19.3 Å². The summed E-state index contributed by atoms with van der Waals surface area (Å²) in [6, 6.07) is 4.22. The van der Waals surface area contributed by atoms with Gasteiger partial charge in [-0.2, -0.15) is 0 Å². The summed E-state index contributed by atoms with van der Waals surface area (Å²) >= 11 is 3.11. The lowest BCUT2D eigenvalue weighted by Crippen LogP contribution is -2.49. The Hall–Kier alpha value is -1.18. The average molecular weight is 423 g/mol. The Morgan fingerprint density at radius 3 is 2.79 bits per heavy atom. The van der Waals surface area contributed by atoms with Crippen LogP contribution in [0, 0.1) is 5.82 Å². The van der Waals surface area contributed by atoms with Crippen LogP contribution in [0.25, 0.3) is 0 Å². The molecule has 0 aliphatic carbocycles. The first-order valence-corrected chi connectivity index (χ1v) is 8.55. The predicted molar refractivity (Wildman–Crippen MR) is 96.7 cm³/mol. The Labute approximate surface area is 155 Å². The van der Waals surface area contributed by atoms with Gasteiger partial charge >= 0.3 is 0 Å². The van der Waals surface area contributed by atoms with E-state index in [4.69, 9.17) is 5.73 Å². The molecule has 24 heavy (non-hydrogen) atoms. The summed E-state index contributed by atoms with van der Waals surface area (Å²) < 4.78 is 13.6. The molecule has 1 atom stereocenters. The molecule has 0 saturated carbocycles. The minimum atomic E-state index is -0.397. The number of piperidine rings is 1. The smallest absolute Gasteiger partial charge is 0.254 e. The van der Waals surface area contributed by atoms with Gasteiger partial charge < -0.3 is 16.0 Å². The molecule has 134 valence electrons. The second-order valence-electron chi connectivity index (χ2n) is 5.62. The van der Waals surface area contributed by atoms with E-state index in [9.17, 15) is 14.0 Å². The van der Waals surface area contributed by atoms with E-state index in [1.807, 2.05) is 0 Å². The van der Waals surface area contributed by atoms with Crippen LogP contribution >= 0.6 is 28.3 Å². The van der Waals surface area contributed by atoms with Crippen molar-refractivity contribution in [3.8, 4) is 0 Å². The molecule has 0 radical (unpaired) electrons. The highest BCUT2D eigenvalue weighted by molar-refractivity contribution is 9.10. The molecule has 1 unspecified atom stereocenters. The number of carbonyl (C=O) groups is 2. The monoisotopic (exact) mass is 421 g/mol. The van der Waals surface area contributed by atoms with Gasteiger partial charge in [-0.3, -0.25) is 9.59 Å². The Morgan fingerprint density at radius 1 is 1.38 bits per heavy atom. The molecule has 3 N–H and O–H groups in total. The first kappa shape index (κ1) is 20.9. The number of carbonyl (C=O) groups excluding carboxylic acids is 2. The molecule has 1 saturated heterocycles. The fourth-order valence-corrected chi connectivity index (χ4v) is 3.11. The molecule has 5 nitrogen and oxygen atoms in total. The number of nitrogens with one attached hydrogen (secondary N) is 1. The number of hydrogen-bond acceptors (Lipinski definition) is 3. The maximum atomic E-state index is 13.3. The van der Waals surface area contributed by atoms with Crippen LogP contribution in [0.5, 0.6) is 0 Å². The number of nitrogens with two attached hydrogens (primary N) is 1. The SMILES string of the molecule is Cl.NCCC(=O)NCC1CCCCN1C(=O)c1ccc(F)c(Br)c1. The summed E-state index contributed by atoms with van der Waals surface area (Å²) in [4.78, 5) is 26.0. The van der Waals surface area contributed by atoms with Crippen LogP contribution in [-0.2, 0) is 4.79 Å². The van der Waals surface area contributed by atoms with E-state index in [0.29, 0.717) is 25.2 Å². The predicted octanol–water partition coefficient (Wildman–Crippen LogP) is 2.47. The zero-order valence-electron chi connectivity index (χ0n) is 13.3. The molecular formula is C16H22BrClFN3O2. The van der Waals surface area contributed by atoms with Crippen molar-refractivity contribution in [2.45, 2.75) is 31.7 Å². The van der Waals surface area contributed by atoms with Crippen LogP contribution in [0.4, 0.5) is 4.39 Å². The quantitative estimate of drug-likeness (QED) is 0.765. The highest BCUT2D eigenvalue weighted by Crippen LogP contribution is 2.22. The molecule has 1 aliphatic rings. The third-order valence-electron chi connectivity index (χ3n) is 3.96. The van der Waals surface area contributed by atoms with Crippen LogP contribution in [0.1, 0.15) is 36.0 Å². The van der Waals surface area contributed by atoms with Gasteiger partial charge in [0.05, 0.1) is 4.47 Å². The highest BCUT2D eigenvalue weighted by Gasteiger charge is 2.28. The maximum absolute atomic E-state index is 13.3. The fraction of sp³-hybridized carbons (Fsp3) is 0.500. The second kappa shape index (κ2) is 9.96. The summed E-state index contributed by atoms with van der Waals surface area (Å²) in [5, 5.41) is 2.83. The molecule has 2 amide bonds. The third kappa shape index (κ3) is 5.43. The summed E-state index contributed by atoms with van der Waals surface area (Å²) in [6.07, 6.45) is 3.08. The molecule has 1 heterocycles. The van der Waals surface area contributed by atoms with Crippen molar-refractivity contribution < 1.29 is 14.0 Å². The number of nitrogens with zero attached hydrogens (tertiary/aromatic N) is 1. The number of hydrogen-bond donors (Lipinski definition) is 2. The minimum absolute atomic E-state index is 0. The maximum Gasteiger partial charge on any atom is 0.254 e. The first-order chi connectivity index (χ1) is 11.0. The van der Waals surface area contributed by atoms with Gasteiger partial charge in [0.25, 0.3) is 5.91 Å². The van der Waals surface area contributed by atoms with Gasteiger partial charge in [0.15, 0.2) is 0 Å². The largest absolute Gasteiger partial charge is 0.354 e. The van der Waals surface area contributed by atoms with Crippen molar-refractivity contribution in [3.63, 3.8) is 0 Å². The third-order valence-corrected chi connectivity index (χ3v) is 4.57. The van der Waals surface area contributed by atoms with Gasteiger partial charge in [-0.05, 0) is 53.4 Å². The van der Waals surface area contributed by atoms with Crippen molar-refractivity contribution >= 4 is 40.2 Å². The first-order valence-electron chi connectivity index (χ1n) is 7.75. The molecule has 1 fully saturated rings. The Balaban J connectivity index is 0.00000288. The normalized spacial score (nSPS) is 17.1. The average Bonchev–Trinajstić information content (AvgIpc) is 2.55. The van der Waals surface area contributed by atoms with Crippen LogP contribution in [0.2, 0.25) is 0 Å². The molecule has 1 aromatic carbocycles. The fourth-order valence-electron chi connectivity index (χ4n) is 2.73. The van der Waals surface area contributed by atoms with Crippen molar-refractivity contribution in [1.29, 1.82) is 0 Å². The van der Waals surface area contributed by atoms with Gasteiger partial charge in [0.1, 0.15) is 5.82 Å². The van der Waals surface area contributed by atoms with E-state index < -0.39 is 5.82 Å². The van der Waals surface area contributed by atoms with Crippen molar-refractivity contribution in [3.05, 3.63) is 34.1 Å². The molecule has 0 bridgehead atoms. The van der Waals surface area contributed by atoms with Crippen LogP contribution in [-0.4, -0.2) is 42.4 Å². The number of benzene rings is 1. The molecule has 2 rings (SSSR count). The van der Waals surface area contributed by atoms with E-state index in [1.54, 1.807) is 4.90 Å². The van der Waals surface area contributed by atoms with Gasteiger partial charge in [0.2, 0.25) is 5.91 Å². The summed E-state index contributed by atoms with van der Waals surface area (Å²) in [5.74, 6) is -0.635. The minimum Gasteiger partial charge on any atom is -0.354 e. The van der Waals surface area contributed by atoms with Gasteiger partial charge in [0, 0.05) is 37.7 Å². The summed E-state index contributed by atoms with van der Waals surface area (Å²) in [5.41, 5.74) is 5.80. The Kier molecular flexibility index (Phi) is 8.66. The van der Waals surface area contributed by atoms with Crippen LogP contribution in [0.15, 0.2) is 22.7 Å². The molecular weight excluding hydrogens is 401 g/mol. The van der Waals surface area contributed by atoms with Crippen LogP contribution in [0.3, 0.4) is 0 Å². The van der Waals surface area contributed by atoms with E-state index in [1.165, 1.54) is 18.2 Å². The Morgan fingerprint density at radius 2 is 2.12 bits per heavy atom. The standard InChI is InChI=1S/C16H21BrFN3O2.ClH/c17-13-9-11(4-5-14(13)18)16(23)21-8-2-1-3-12(21)10-20-15(22)6-7-19;/h4-5,9,12H,1-3,6-8,10,19H2,(H,20,22);1H. The molecule has 1 aliphatic heterocycles. The molecule has 8 heteroatoms. The van der Waals surface area contributed by atoms with E-state index in [2.05, 4.69) is 21.2 Å². The topological polar surface area (TPSA) is 75.4 Å². The van der Waals surface area contributed by atoms with Gasteiger partial charge in [-0.1, -0.05) is 0 Å². The molecule has 0 spiro atoms. The summed E-state index contributed by atoms with van der Waals surface area (Å²) in [7, 11) is 0. The Bertz CT molecular complexity index is 588. The second-order valence-corrected chi connectivity index (χ2v) is 6.47. The van der Waals surface area contributed by atoms with Crippen molar-refractivity contribution in [2.75, 3.05) is 19.6 Å². The lowest BCUT2D eigenvalue weighted by atomic mass is 10.0. The number of rotatable bonds is 5. The van der Waals surface area contributed by atoms with Crippen molar-refractivity contribution in [1.82, 2.24) is 10.2 Å². The highest BCUT2D eigenvalue weighted by atomic mass is 79.9. The number of likely N-dealkylation sites (tertiary alicyclic amines) is 1. The summed E-state index contributed by atoms with van der Waals surface area (Å²) in [6.45, 7) is 1.38. The van der Waals surface area contributed by atoms with Crippen LogP contribution < -0.4 is 11.1 Å². The number of amides is 2. The van der Waals surface area contributed by atoms with E-state index in [-0.39, 0.29) is 41.2 Å². The van der Waals surface area contributed by atoms with Gasteiger partial charge in [-0.15, -0.1) is 12.4 Å². The molecule has 1 aromatic rings. The number of halogens is 3. The lowest BCUT2D eigenvalue weighted by molar-refractivity contribution is -0.121. The zero-order valence-corrected chi connectivity index (χ0v) is 15.7. The lowest BCUT2D eigenvalue weighted by Gasteiger charge is -2.36. The van der Waals surface area contributed by atoms with Gasteiger partial charge in [-0.25, -0.2) is 4.39 Å². The molecule has 0 aromatic heterocycles.